The van der Waals surface area contributed by atoms with Crippen molar-refractivity contribution in [2.24, 2.45) is 0 Å². The lowest BCUT2D eigenvalue weighted by Crippen LogP contribution is -1.97. The minimum Gasteiger partial charge on any atom is -0.482 e. The van der Waals surface area contributed by atoms with Gasteiger partial charge in [-0.3, -0.25) is 0 Å². The molecule has 0 aliphatic carbocycles. The predicted molar refractivity (Wildman–Crippen MR) is 82.4 cm³/mol. The third-order valence-electron chi connectivity index (χ3n) is 3.02. The Morgan fingerprint density at radius 2 is 2.05 bits per heavy atom. The molecule has 0 aliphatic heterocycles. The monoisotopic (exact) mass is 310 g/mol. The fraction of sp³-hybridized carbons (Fsp3) is 0.0588. The van der Waals surface area contributed by atoms with Crippen LogP contribution in [0.25, 0.3) is 11.3 Å². The van der Waals surface area contributed by atoms with Gasteiger partial charge in [-0.2, -0.15) is 5.26 Å². The fourth-order valence-electron chi connectivity index (χ4n) is 1.98. The van der Waals surface area contributed by atoms with E-state index >= 15 is 0 Å². The van der Waals surface area contributed by atoms with Crippen molar-refractivity contribution in [2.45, 2.75) is 6.61 Å². The molecule has 1 heterocycles. The quantitative estimate of drug-likeness (QED) is 0.714. The molecule has 0 radical (unpaired) electrons. The molecule has 0 bridgehead atoms. The second-order valence-electron chi connectivity index (χ2n) is 4.53. The minimum absolute atomic E-state index is 0.152. The number of halogens is 1. The lowest BCUT2D eigenvalue weighted by atomic mass is 10.2. The zero-order chi connectivity index (χ0) is 15.4. The topological polar surface area (TPSA) is 59.0 Å². The van der Waals surface area contributed by atoms with Crippen LogP contribution in [0.4, 0.5) is 0 Å². The summed E-state index contributed by atoms with van der Waals surface area (Å²) in [4.78, 5) is 4.18. The van der Waals surface area contributed by atoms with Crippen LogP contribution >= 0.6 is 11.6 Å². The Morgan fingerprint density at radius 1 is 1.18 bits per heavy atom. The van der Waals surface area contributed by atoms with E-state index in [1.165, 1.54) is 0 Å². The molecule has 0 N–H and O–H groups in total. The summed E-state index contributed by atoms with van der Waals surface area (Å²) in [7, 11) is 0. The zero-order valence-electron chi connectivity index (χ0n) is 11.5. The summed E-state index contributed by atoms with van der Waals surface area (Å²) in [6, 6.07) is 16.4. The van der Waals surface area contributed by atoms with Crippen LogP contribution in [-0.4, -0.2) is 4.98 Å². The Hall–Kier alpha value is -2.77. The summed E-state index contributed by atoms with van der Waals surface area (Å²) < 4.78 is 11.2. The molecule has 0 unspecified atom stereocenters. The SMILES string of the molecule is N#Cc1ccccc1OCc1ncc(-c2cccc(Cl)c2)o1. The molecule has 3 aromatic rings. The number of nitrogens with zero attached hydrogens (tertiary/aromatic N) is 2. The molecule has 0 saturated heterocycles. The molecule has 3 rings (SSSR count). The van der Waals surface area contributed by atoms with E-state index < -0.39 is 0 Å². The molecule has 0 spiro atoms. The molecule has 1 aromatic heterocycles. The number of rotatable bonds is 4. The summed E-state index contributed by atoms with van der Waals surface area (Å²) >= 11 is 5.96. The molecular weight excluding hydrogens is 300 g/mol. The number of para-hydroxylation sites is 1. The van der Waals surface area contributed by atoms with E-state index in [-0.39, 0.29) is 6.61 Å². The molecule has 0 atom stereocenters. The van der Waals surface area contributed by atoms with Crippen LogP contribution in [0, 0.1) is 11.3 Å². The first-order valence-electron chi connectivity index (χ1n) is 6.59. The van der Waals surface area contributed by atoms with E-state index in [0.29, 0.717) is 28.0 Å². The highest BCUT2D eigenvalue weighted by Crippen LogP contribution is 2.24. The number of benzene rings is 2. The standard InChI is InChI=1S/C17H11ClN2O2/c18-14-6-3-5-12(8-14)16-10-20-17(22-16)11-21-15-7-2-1-4-13(15)9-19/h1-8,10H,11H2. The number of nitriles is 1. The fourth-order valence-corrected chi connectivity index (χ4v) is 2.17. The van der Waals surface area contributed by atoms with Crippen LogP contribution in [0.2, 0.25) is 5.02 Å². The molecule has 108 valence electrons. The first-order valence-corrected chi connectivity index (χ1v) is 6.96. The first kappa shape index (κ1) is 14.2. The van der Waals surface area contributed by atoms with Gasteiger partial charge >= 0.3 is 0 Å². The van der Waals surface area contributed by atoms with Gasteiger partial charge in [0.15, 0.2) is 12.4 Å². The Kier molecular flexibility index (Phi) is 4.08. The van der Waals surface area contributed by atoms with Crippen molar-refractivity contribution in [1.82, 2.24) is 4.98 Å². The third-order valence-corrected chi connectivity index (χ3v) is 3.26. The Morgan fingerprint density at radius 3 is 2.86 bits per heavy atom. The molecule has 0 amide bonds. The maximum absolute atomic E-state index is 9.01. The predicted octanol–water partition coefficient (Wildman–Crippen LogP) is 4.45. The zero-order valence-corrected chi connectivity index (χ0v) is 12.2. The molecular formula is C17H11ClN2O2. The second kappa shape index (κ2) is 6.33. The smallest absolute Gasteiger partial charge is 0.232 e. The number of hydrogen-bond acceptors (Lipinski definition) is 4. The number of aromatic nitrogens is 1. The van der Waals surface area contributed by atoms with Crippen LogP contribution in [0.1, 0.15) is 11.5 Å². The maximum Gasteiger partial charge on any atom is 0.232 e. The van der Waals surface area contributed by atoms with Gasteiger partial charge in [0.05, 0.1) is 11.8 Å². The van der Waals surface area contributed by atoms with Crippen molar-refractivity contribution in [3.05, 3.63) is 71.2 Å². The van der Waals surface area contributed by atoms with E-state index in [0.717, 1.165) is 5.56 Å². The number of hydrogen-bond donors (Lipinski definition) is 0. The third kappa shape index (κ3) is 3.11. The lowest BCUT2D eigenvalue weighted by molar-refractivity contribution is 0.264. The maximum atomic E-state index is 9.01. The molecule has 0 fully saturated rings. The normalized spacial score (nSPS) is 10.2. The van der Waals surface area contributed by atoms with Gasteiger partial charge in [0, 0.05) is 10.6 Å². The average Bonchev–Trinajstić information content (AvgIpc) is 3.02. The number of ether oxygens (including phenoxy) is 1. The van der Waals surface area contributed by atoms with Gasteiger partial charge in [-0.1, -0.05) is 35.9 Å². The van der Waals surface area contributed by atoms with Crippen LogP contribution in [0.5, 0.6) is 5.75 Å². The van der Waals surface area contributed by atoms with Gasteiger partial charge in [0.1, 0.15) is 11.8 Å². The summed E-state index contributed by atoms with van der Waals surface area (Å²) in [5, 5.41) is 9.65. The summed E-state index contributed by atoms with van der Waals surface area (Å²) in [5.74, 6) is 1.56. The Bertz CT molecular complexity index is 836. The number of oxazole rings is 1. The lowest BCUT2D eigenvalue weighted by Gasteiger charge is -2.04. The van der Waals surface area contributed by atoms with Gasteiger partial charge in [-0.25, -0.2) is 4.98 Å². The van der Waals surface area contributed by atoms with Crippen molar-refractivity contribution >= 4 is 11.6 Å². The van der Waals surface area contributed by atoms with Crippen LogP contribution in [0.3, 0.4) is 0 Å². The minimum atomic E-state index is 0.152. The van der Waals surface area contributed by atoms with Gasteiger partial charge in [-0.05, 0) is 24.3 Å². The first-order chi connectivity index (χ1) is 10.8. The van der Waals surface area contributed by atoms with Gasteiger partial charge in [-0.15, -0.1) is 0 Å². The highest BCUT2D eigenvalue weighted by Gasteiger charge is 2.09. The molecule has 4 nitrogen and oxygen atoms in total. The van der Waals surface area contributed by atoms with Crippen molar-refractivity contribution in [1.29, 1.82) is 5.26 Å². The summed E-state index contributed by atoms with van der Waals surface area (Å²) in [6.45, 7) is 0.152. The van der Waals surface area contributed by atoms with Crippen LogP contribution in [0.15, 0.2) is 59.1 Å². The molecule has 0 saturated carbocycles. The van der Waals surface area contributed by atoms with Gasteiger partial charge < -0.3 is 9.15 Å². The summed E-state index contributed by atoms with van der Waals surface area (Å²) in [5.41, 5.74) is 1.33. The highest BCUT2D eigenvalue weighted by molar-refractivity contribution is 6.30. The molecule has 0 aliphatic rings. The van der Waals surface area contributed by atoms with E-state index in [2.05, 4.69) is 11.1 Å². The Labute approximate surface area is 132 Å². The largest absolute Gasteiger partial charge is 0.482 e. The molecule has 5 heteroatoms. The van der Waals surface area contributed by atoms with Crippen LogP contribution < -0.4 is 4.74 Å². The highest BCUT2D eigenvalue weighted by atomic mass is 35.5. The van der Waals surface area contributed by atoms with Crippen molar-refractivity contribution in [2.75, 3.05) is 0 Å². The second-order valence-corrected chi connectivity index (χ2v) is 4.96. The van der Waals surface area contributed by atoms with Gasteiger partial charge in [0.2, 0.25) is 5.89 Å². The van der Waals surface area contributed by atoms with Crippen molar-refractivity contribution < 1.29 is 9.15 Å². The summed E-state index contributed by atoms with van der Waals surface area (Å²) in [6.07, 6.45) is 1.63. The van der Waals surface area contributed by atoms with E-state index in [4.69, 9.17) is 26.0 Å². The average molecular weight is 311 g/mol. The van der Waals surface area contributed by atoms with Gasteiger partial charge in [0.25, 0.3) is 0 Å². The molecule has 2 aromatic carbocycles. The van der Waals surface area contributed by atoms with Crippen molar-refractivity contribution in [3.8, 4) is 23.1 Å². The van der Waals surface area contributed by atoms with E-state index in [1.54, 1.807) is 36.5 Å². The van der Waals surface area contributed by atoms with E-state index in [9.17, 15) is 0 Å². The van der Waals surface area contributed by atoms with Crippen molar-refractivity contribution in [3.63, 3.8) is 0 Å². The van der Waals surface area contributed by atoms with E-state index in [1.807, 2.05) is 18.2 Å². The van der Waals surface area contributed by atoms with Crippen LogP contribution in [-0.2, 0) is 6.61 Å². The molecule has 22 heavy (non-hydrogen) atoms. The Balaban J connectivity index is 1.74.